The highest BCUT2D eigenvalue weighted by Crippen LogP contribution is 2.41. The molecule has 0 saturated carbocycles. The molecule has 0 radical (unpaired) electrons. The number of aromatic nitrogens is 2. The molecule has 0 aliphatic carbocycles. The van der Waals surface area contributed by atoms with E-state index in [1.54, 1.807) is 0 Å². The number of anilines is 6. The van der Waals surface area contributed by atoms with Crippen LogP contribution in [0.5, 0.6) is 0 Å². The van der Waals surface area contributed by atoms with Gasteiger partial charge in [-0.2, -0.15) is 0 Å². The Labute approximate surface area is 369 Å². The molecule has 0 fully saturated rings. The maximum Gasteiger partial charge on any atom is 0.227 e. The molecule has 302 valence electrons. The Kier molecular flexibility index (Phi) is 9.05. The summed E-state index contributed by atoms with van der Waals surface area (Å²) in [5, 5.41) is 4.80. The van der Waals surface area contributed by atoms with E-state index >= 15 is 0 Å². The zero-order chi connectivity index (χ0) is 42.4. The maximum atomic E-state index is 6.64. The van der Waals surface area contributed by atoms with Gasteiger partial charge in [-0.25, -0.2) is 9.97 Å². The van der Waals surface area contributed by atoms with Gasteiger partial charge < -0.3 is 18.6 Å². The van der Waals surface area contributed by atoms with Crippen molar-refractivity contribution in [3.63, 3.8) is 0 Å². The third-order valence-electron chi connectivity index (χ3n) is 11.9. The number of nitrogens with zero attached hydrogens (tertiary/aromatic N) is 4. The number of benzene rings is 10. The van der Waals surface area contributed by atoms with Gasteiger partial charge in [-0.15, -0.1) is 0 Å². The summed E-state index contributed by atoms with van der Waals surface area (Å²) in [6.45, 7) is 0. The maximum absolute atomic E-state index is 6.64. The van der Waals surface area contributed by atoms with Gasteiger partial charge in [0.15, 0.2) is 11.2 Å². The lowest BCUT2D eigenvalue weighted by atomic mass is 10.0. The lowest BCUT2D eigenvalue weighted by Crippen LogP contribution is -2.09. The molecule has 0 bridgehead atoms. The summed E-state index contributed by atoms with van der Waals surface area (Å²) in [5.41, 5.74) is 12.8. The largest absolute Gasteiger partial charge is 0.435 e. The molecule has 0 amide bonds. The molecule has 2 aromatic heterocycles. The van der Waals surface area contributed by atoms with E-state index in [1.807, 2.05) is 36.4 Å². The van der Waals surface area contributed by atoms with Crippen LogP contribution in [0.15, 0.2) is 239 Å². The average Bonchev–Trinajstić information content (AvgIpc) is 4.01. The molecule has 0 N–H and O–H groups in total. The van der Waals surface area contributed by atoms with Crippen LogP contribution in [0, 0.1) is 0 Å². The molecule has 6 heteroatoms. The Hall–Kier alpha value is -8.74. The molecule has 0 atom stereocenters. The standard InChI is InChI=1S/C58H38N4O2/c1-3-17-45(18-4-1)61(49-35-25-39-13-7-9-15-43(39)37-49)47-31-27-41(28-32-47)57-59-53-23-11-21-51(55(53)63-57)52-22-12-24-54-56(52)64-58(60-54)42-29-33-48(34-30-42)62(46-19-5-2-6-20-46)50-36-26-40-14-8-10-16-44(40)38-50/h1-38H. The topological polar surface area (TPSA) is 58.5 Å². The van der Waals surface area contributed by atoms with Gasteiger partial charge in [0.05, 0.1) is 0 Å². The molecule has 0 aliphatic rings. The number of oxazole rings is 2. The van der Waals surface area contributed by atoms with Gasteiger partial charge >= 0.3 is 0 Å². The van der Waals surface area contributed by atoms with Crippen molar-refractivity contribution in [1.29, 1.82) is 0 Å². The lowest BCUT2D eigenvalue weighted by molar-refractivity contribution is 0.616. The zero-order valence-electron chi connectivity index (χ0n) is 34.5. The van der Waals surface area contributed by atoms with E-state index in [0.29, 0.717) is 22.9 Å². The summed E-state index contributed by atoms with van der Waals surface area (Å²) < 4.78 is 13.3. The van der Waals surface area contributed by atoms with E-state index in [-0.39, 0.29) is 0 Å². The summed E-state index contributed by atoms with van der Waals surface area (Å²) in [5.74, 6) is 1.09. The van der Waals surface area contributed by atoms with Crippen molar-refractivity contribution in [3.8, 4) is 34.0 Å². The van der Waals surface area contributed by atoms with E-state index in [2.05, 4.69) is 204 Å². The van der Waals surface area contributed by atoms with Crippen LogP contribution in [0.25, 0.3) is 77.8 Å². The predicted molar refractivity (Wildman–Crippen MR) is 262 cm³/mol. The Morgan fingerprint density at radius 2 is 0.641 bits per heavy atom. The van der Waals surface area contributed by atoms with Crippen LogP contribution in [0.3, 0.4) is 0 Å². The van der Waals surface area contributed by atoms with Crippen LogP contribution in [-0.4, -0.2) is 9.97 Å². The van der Waals surface area contributed by atoms with Gasteiger partial charge in [-0.05, 0) is 131 Å². The summed E-state index contributed by atoms with van der Waals surface area (Å²) in [6.07, 6.45) is 0. The monoisotopic (exact) mass is 822 g/mol. The summed E-state index contributed by atoms with van der Waals surface area (Å²) in [4.78, 5) is 14.5. The number of fused-ring (bicyclic) bond motifs is 4. The third-order valence-corrected chi connectivity index (χ3v) is 11.9. The van der Waals surface area contributed by atoms with Crippen molar-refractivity contribution < 1.29 is 8.83 Å². The normalized spacial score (nSPS) is 11.4. The Bertz CT molecular complexity index is 3380. The number of rotatable bonds is 9. The molecular weight excluding hydrogens is 785 g/mol. The smallest absolute Gasteiger partial charge is 0.227 e. The Morgan fingerprint density at radius 1 is 0.281 bits per heavy atom. The number of para-hydroxylation sites is 4. The molecule has 10 aromatic carbocycles. The Balaban J connectivity index is 0.863. The molecule has 0 saturated heterocycles. The summed E-state index contributed by atoms with van der Waals surface area (Å²) in [6, 6.07) is 79.9. The highest BCUT2D eigenvalue weighted by atomic mass is 16.4. The van der Waals surface area contributed by atoms with Gasteiger partial charge in [0, 0.05) is 56.4 Å². The van der Waals surface area contributed by atoms with E-state index in [0.717, 1.165) is 67.4 Å². The first-order chi connectivity index (χ1) is 31.7. The molecule has 64 heavy (non-hydrogen) atoms. The molecule has 2 heterocycles. The van der Waals surface area contributed by atoms with Crippen LogP contribution >= 0.6 is 0 Å². The summed E-state index contributed by atoms with van der Waals surface area (Å²) >= 11 is 0. The minimum atomic E-state index is 0.546. The van der Waals surface area contributed by atoms with E-state index < -0.39 is 0 Å². The van der Waals surface area contributed by atoms with Crippen molar-refractivity contribution in [3.05, 3.63) is 231 Å². The minimum absolute atomic E-state index is 0.546. The quantitative estimate of drug-likeness (QED) is 0.145. The third kappa shape index (κ3) is 6.71. The fraction of sp³-hybridized carbons (Fsp3) is 0. The van der Waals surface area contributed by atoms with E-state index in [9.17, 15) is 0 Å². The van der Waals surface area contributed by atoms with E-state index in [1.165, 1.54) is 21.5 Å². The van der Waals surface area contributed by atoms with Gasteiger partial charge in [0.1, 0.15) is 11.0 Å². The van der Waals surface area contributed by atoms with Gasteiger partial charge in [-0.3, -0.25) is 0 Å². The fourth-order valence-electron chi connectivity index (χ4n) is 8.76. The van der Waals surface area contributed by atoms with Crippen LogP contribution in [0.4, 0.5) is 34.1 Å². The minimum Gasteiger partial charge on any atom is -0.435 e. The highest BCUT2D eigenvalue weighted by Gasteiger charge is 2.20. The first kappa shape index (κ1) is 37.1. The first-order valence-electron chi connectivity index (χ1n) is 21.4. The predicted octanol–water partition coefficient (Wildman–Crippen LogP) is 16.2. The average molecular weight is 823 g/mol. The lowest BCUT2D eigenvalue weighted by Gasteiger charge is -2.26. The summed E-state index contributed by atoms with van der Waals surface area (Å²) in [7, 11) is 0. The van der Waals surface area contributed by atoms with Crippen molar-refractivity contribution in [2.45, 2.75) is 0 Å². The van der Waals surface area contributed by atoms with Crippen molar-refractivity contribution >= 4 is 77.9 Å². The molecule has 0 unspecified atom stereocenters. The molecule has 0 spiro atoms. The van der Waals surface area contributed by atoms with Crippen LogP contribution in [0.2, 0.25) is 0 Å². The molecule has 6 nitrogen and oxygen atoms in total. The molecule has 0 aliphatic heterocycles. The highest BCUT2D eigenvalue weighted by molar-refractivity contribution is 6.00. The zero-order valence-corrected chi connectivity index (χ0v) is 34.5. The second-order valence-corrected chi connectivity index (χ2v) is 15.8. The van der Waals surface area contributed by atoms with Crippen LogP contribution < -0.4 is 9.80 Å². The molecule has 12 aromatic rings. The second-order valence-electron chi connectivity index (χ2n) is 15.8. The molecule has 12 rings (SSSR count). The second kappa shape index (κ2) is 15.6. The Morgan fingerprint density at radius 3 is 1.06 bits per heavy atom. The van der Waals surface area contributed by atoms with Gasteiger partial charge in [0.2, 0.25) is 11.8 Å². The first-order valence-corrected chi connectivity index (χ1v) is 21.4. The number of hydrogen-bond donors (Lipinski definition) is 0. The number of hydrogen-bond acceptors (Lipinski definition) is 6. The SMILES string of the molecule is c1ccc(N(c2ccc(-c3nc4cccc(-c5cccc6nc(-c7ccc(N(c8ccccc8)c8ccc9ccccc9c8)cc7)oc56)c4o3)cc2)c2ccc3ccccc3c2)cc1. The fourth-order valence-corrected chi connectivity index (χ4v) is 8.76. The van der Waals surface area contributed by atoms with Crippen LogP contribution in [-0.2, 0) is 0 Å². The van der Waals surface area contributed by atoms with Crippen molar-refractivity contribution in [1.82, 2.24) is 9.97 Å². The molecular formula is C58H38N4O2. The van der Waals surface area contributed by atoms with Gasteiger partial charge in [0.25, 0.3) is 0 Å². The van der Waals surface area contributed by atoms with E-state index in [4.69, 9.17) is 18.8 Å². The van der Waals surface area contributed by atoms with Crippen molar-refractivity contribution in [2.24, 2.45) is 0 Å². The van der Waals surface area contributed by atoms with Gasteiger partial charge in [-0.1, -0.05) is 121 Å². The van der Waals surface area contributed by atoms with Crippen molar-refractivity contribution in [2.75, 3.05) is 9.80 Å². The van der Waals surface area contributed by atoms with Crippen LogP contribution in [0.1, 0.15) is 0 Å².